The third-order valence-corrected chi connectivity index (χ3v) is 6.67. The van der Waals surface area contributed by atoms with Crippen LogP contribution in [-0.2, 0) is 36.6 Å². The number of hydrogen-bond donors (Lipinski definition) is 0. The summed E-state index contributed by atoms with van der Waals surface area (Å²) in [7, 11) is 3.08. The molecule has 1 amide bonds. The van der Waals surface area contributed by atoms with Crippen molar-refractivity contribution in [2.75, 3.05) is 33.5 Å². The molecule has 0 unspecified atom stereocenters. The molecule has 166 valence electrons. The van der Waals surface area contributed by atoms with E-state index in [2.05, 4.69) is 11.1 Å². The minimum atomic E-state index is -1.10. The van der Waals surface area contributed by atoms with Gasteiger partial charge in [0.2, 0.25) is 0 Å². The average molecular weight is 437 g/mol. The number of carbonyl (C=O) groups excluding carboxylic acids is 2. The van der Waals surface area contributed by atoms with Crippen molar-refractivity contribution in [1.82, 2.24) is 9.88 Å². The first kappa shape index (κ1) is 23.2. The van der Waals surface area contributed by atoms with E-state index in [4.69, 9.17) is 14.2 Å². The second-order valence-electron chi connectivity index (χ2n) is 8.12. The first-order valence-corrected chi connectivity index (χ1v) is 11.5. The van der Waals surface area contributed by atoms with Crippen molar-refractivity contribution in [1.29, 1.82) is 0 Å². The van der Waals surface area contributed by atoms with Gasteiger partial charge in [0.05, 0.1) is 6.04 Å². The van der Waals surface area contributed by atoms with Crippen molar-refractivity contribution < 1.29 is 23.8 Å². The molecule has 1 saturated carbocycles. The van der Waals surface area contributed by atoms with Crippen LogP contribution < -0.4 is 0 Å². The highest BCUT2D eigenvalue weighted by atomic mass is 32.2. The quantitative estimate of drug-likeness (QED) is 0.348. The van der Waals surface area contributed by atoms with Crippen molar-refractivity contribution in [3.8, 4) is 0 Å². The van der Waals surface area contributed by atoms with Gasteiger partial charge in [-0.05, 0) is 36.5 Å². The zero-order valence-corrected chi connectivity index (χ0v) is 18.9. The van der Waals surface area contributed by atoms with Gasteiger partial charge in [-0.15, -0.1) is 0 Å². The summed E-state index contributed by atoms with van der Waals surface area (Å²) in [6, 6.07) is 3.82. The predicted molar refractivity (Wildman–Crippen MR) is 115 cm³/mol. The first-order valence-electron chi connectivity index (χ1n) is 10.5. The number of amides is 1. The molecule has 0 bridgehead atoms. The summed E-state index contributed by atoms with van der Waals surface area (Å²) in [5, 5.41) is 0.00291. The summed E-state index contributed by atoms with van der Waals surface area (Å²) in [6.45, 7) is 1.68. The highest BCUT2D eigenvalue weighted by Gasteiger charge is 2.62. The fourth-order valence-corrected chi connectivity index (χ4v) is 4.88. The lowest BCUT2D eigenvalue weighted by Gasteiger charge is -2.54. The summed E-state index contributed by atoms with van der Waals surface area (Å²) in [5.74, 6) is 1.21. The second-order valence-corrected chi connectivity index (χ2v) is 9.32. The van der Waals surface area contributed by atoms with Crippen LogP contribution in [0.15, 0.2) is 18.3 Å². The van der Waals surface area contributed by atoms with Crippen LogP contribution in [0.1, 0.15) is 43.9 Å². The van der Waals surface area contributed by atoms with Gasteiger partial charge in [-0.1, -0.05) is 31.0 Å². The second kappa shape index (κ2) is 10.7. The van der Waals surface area contributed by atoms with Crippen LogP contribution in [-0.4, -0.2) is 66.0 Å². The van der Waals surface area contributed by atoms with Gasteiger partial charge in [0.25, 0.3) is 5.91 Å². The van der Waals surface area contributed by atoms with E-state index in [1.54, 1.807) is 18.2 Å². The minimum absolute atomic E-state index is 0.00291. The number of aromatic nitrogens is 1. The summed E-state index contributed by atoms with van der Waals surface area (Å²) >= 11 is 1.19. The molecule has 7 nitrogen and oxygen atoms in total. The molecule has 1 aromatic rings. The van der Waals surface area contributed by atoms with Crippen LogP contribution in [0.4, 0.5) is 0 Å². The standard InChI is InChI=1S/C22H32N2O5S/c1-16(25)30-13-20-22(29-15-28-3,21(26)24(20)14-27-2)12-19-11-18(9-10-23-19)6-4-5-17-7-8-17/h9-11,17,20H,4-8,12-15H2,1-3H3/t20-,22+/m0/s1. The number of methoxy groups -OCH3 is 2. The molecule has 1 aromatic heterocycles. The fourth-order valence-electron chi connectivity index (χ4n) is 4.04. The van der Waals surface area contributed by atoms with Gasteiger partial charge in [-0.3, -0.25) is 14.6 Å². The van der Waals surface area contributed by atoms with Crippen molar-refractivity contribution in [3.05, 3.63) is 29.6 Å². The van der Waals surface area contributed by atoms with Gasteiger partial charge in [0.1, 0.15) is 13.5 Å². The number of pyridine rings is 1. The molecule has 0 spiro atoms. The lowest BCUT2D eigenvalue weighted by molar-refractivity contribution is -0.229. The van der Waals surface area contributed by atoms with E-state index >= 15 is 0 Å². The number of hydrogen-bond acceptors (Lipinski definition) is 7. The van der Waals surface area contributed by atoms with E-state index in [9.17, 15) is 9.59 Å². The Balaban J connectivity index is 1.75. The summed E-state index contributed by atoms with van der Waals surface area (Å²) in [4.78, 5) is 30.8. The normalized spacial score (nSPS) is 23.5. The molecule has 1 aliphatic heterocycles. The maximum atomic E-state index is 13.1. The van der Waals surface area contributed by atoms with Gasteiger partial charge in [0.15, 0.2) is 10.7 Å². The van der Waals surface area contributed by atoms with Gasteiger partial charge >= 0.3 is 0 Å². The molecule has 3 rings (SSSR count). The molecule has 2 fully saturated rings. The van der Waals surface area contributed by atoms with Gasteiger partial charge in [-0.25, -0.2) is 0 Å². The molecule has 1 aliphatic carbocycles. The molecule has 0 aromatic carbocycles. The van der Waals surface area contributed by atoms with E-state index < -0.39 is 5.60 Å². The fraction of sp³-hybridized carbons (Fsp3) is 0.682. The Morgan fingerprint density at radius 1 is 1.33 bits per heavy atom. The minimum Gasteiger partial charge on any atom is -0.364 e. The van der Waals surface area contributed by atoms with Crippen molar-refractivity contribution in [2.24, 2.45) is 5.92 Å². The van der Waals surface area contributed by atoms with E-state index in [0.717, 1.165) is 18.0 Å². The summed E-state index contributed by atoms with van der Waals surface area (Å²) in [5.41, 5.74) is 0.951. The SMILES string of the molecule is COCO[C@@]1(Cc2cc(CCCC3CC3)ccn2)C(=O)N(COC)[C@H]1CSC(C)=O. The number of thioether (sulfide) groups is 1. The smallest absolute Gasteiger partial charge is 0.259 e. The van der Waals surface area contributed by atoms with Crippen LogP contribution in [0.25, 0.3) is 0 Å². The lowest BCUT2D eigenvalue weighted by Crippen LogP contribution is -2.77. The Kier molecular flexibility index (Phi) is 8.27. The van der Waals surface area contributed by atoms with E-state index in [1.165, 1.54) is 57.0 Å². The number of ether oxygens (including phenoxy) is 3. The van der Waals surface area contributed by atoms with Crippen LogP contribution >= 0.6 is 11.8 Å². The summed E-state index contributed by atoms with van der Waals surface area (Å²) in [6.07, 6.45) is 8.38. The third-order valence-electron chi connectivity index (χ3n) is 5.78. The number of β-lactam (4-membered cyclic amide) rings is 1. The molecule has 2 heterocycles. The molecule has 0 N–H and O–H groups in total. The molecule has 2 aliphatic rings. The van der Waals surface area contributed by atoms with Crippen molar-refractivity contribution in [2.45, 2.75) is 57.1 Å². The molecular weight excluding hydrogens is 404 g/mol. The van der Waals surface area contributed by atoms with E-state index in [0.29, 0.717) is 12.2 Å². The highest BCUT2D eigenvalue weighted by molar-refractivity contribution is 8.13. The largest absolute Gasteiger partial charge is 0.364 e. The molecule has 30 heavy (non-hydrogen) atoms. The van der Waals surface area contributed by atoms with Gasteiger partial charge < -0.3 is 19.1 Å². The van der Waals surface area contributed by atoms with Crippen molar-refractivity contribution >= 4 is 22.8 Å². The van der Waals surface area contributed by atoms with Crippen LogP contribution in [0.3, 0.4) is 0 Å². The molecule has 1 saturated heterocycles. The van der Waals surface area contributed by atoms with Gasteiger partial charge in [0, 0.05) is 45.2 Å². The number of rotatable bonds is 13. The Bertz CT molecular complexity index is 742. The van der Waals surface area contributed by atoms with E-state index in [1.807, 2.05) is 6.07 Å². The molecular formula is C22H32N2O5S. The maximum absolute atomic E-state index is 13.1. The lowest BCUT2D eigenvalue weighted by atomic mass is 9.79. The molecule has 8 heteroatoms. The number of nitrogens with zero attached hydrogens (tertiary/aromatic N) is 2. The number of aryl methyl sites for hydroxylation is 1. The third kappa shape index (κ3) is 5.60. The Labute approximate surface area is 182 Å². The monoisotopic (exact) mass is 436 g/mol. The molecule has 0 radical (unpaired) electrons. The zero-order valence-electron chi connectivity index (χ0n) is 18.1. The summed E-state index contributed by atoms with van der Waals surface area (Å²) < 4.78 is 16.3. The highest BCUT2D eigenvalue weighted by Crippen LogP contribution is 2.39. The van der Waals surface area contributed by atoms with Crippen molar-refractivity contribution in [3.63, 3.8) is 0 Å². The molecule has 2 atom stereocenters. The number of likely N-dealkylation sites (tertiary alicyclic amines) is 1. The Morgan fingerprint density at radius 3 is 2.80 bits per heavy atom. The Morgan fingerprint density at radius 2 is 2.13 bits per heavy atom. The van der Waals surface area contributed by atoms with E-state index in [-0.39, 0.29) is 30.6 Å². The maximum Gasteiger partial charge on any atom is 0.259 e. The topological polar surface area (TPSA) is 78.0 Å². The average Bonchev–Trinajstić information content (AvgIpc) is 3.55. The zero-order chi connectivity index (χ0) is 21.6. The van der Waals surface area contributed by atoms with Crippen LogP contribution in [0, 0.1) is 5.92 Å². The first-order chi connectivity index (χ1) is 14.5. The van der Waals surface area contributed by atoms with Gasteiger partial charge in [-0.2, -0.15) is 0 Å². The van der Waals surface area contributed by atoms with Crippen LogP contribution in [0.5, 0.6) is 0 Å². The Hall–Kier alpha value is -1.48. The number of carbonyl (C=O) groups is 2. The van der Waals surface area contributed by atoms with Crippen LogP contribution in [0.2, 0.25) is 0 Å². The predicted octanol–water partition coefficient (Wildman–Crippen LogP) is 2.81.